The van der Waals surface area contributed by atoms with Crippen molar-refractivity contribution in [1.29, 1.82) is 0 Å². The highest BCUT2D eigenvalue weighted by Crippen LogP contribution is 2.19. The summed E-state index contributed by atoms with van der Waals surface area (Å²) in [6, 6.07) is 16.0. The number of hydrogen-bond acceptors (Lipinski definition) is 3. The maximum Gasteiger partial charge on any atom is 0.323 e. The number of carbonyl (C=O) groups excluding carboxylic acids is 2. The van der Waals surface area contributed by atoms with Gasteiger partial charge in [-0.1, -0.05) is 25.1 Å². The summed E-state index contributed by atoms with van der Waals surface area (Å²) in [6.45, 7) is 3.74. The molecule has 0 aliphatic carbocycles. The smallest absolute Gasteiger partial charge is 0.323 e. The lowest BCUT2D eigenvalue weighted by atomic mass is 9.88. The normalized spacial score (nSPS) is 14.3. The second kappa shape index (κ2) is 9.22. The summed E-state index contributed by atoms with van der Waals surface area (Å²) < 4.78 is 0. The molecule has 138 valence electrons. The van der Waals surface area contributed by atoms with Crippen molar-refractivity contribution < 1.29 is 9.59 Å². The van der Waals surface area contributed by atoms with Crippen LogP contribution in [0.1, 0.15) is 6.92 Å². The first kappa shape index (κ1) is 19.8. The topological polar surface area (TPSA) is 82.3 Å². The van der Waals surface area contributed by atoms with Crippen LogP contribution in [0.3, 0.4) is 0 Å². The summed E-state index contributed by atoms with van der Waals surface area (Å²) in [4.78, 5) is 24.1. The molecule has 3 amide bonds. The molecular weight excluding hydrogens is 352 g/mol. The number of para-hydroxylation sites is 1. The van der Waals surface area contributed by atoms with E-state index in [-0.39, 0.29) is 30.3 Å². The standard InChI is InChI=1S/C19H22N4O2.ClH/c1-13(14-11-20-12-14)18(24)21-16-7-9-17(10-8-16)23-19(25)22-15-5-3-2-4-6-15;/h2-10,13-14,20H,11-12H2,1H3,(H,21,24)(H2,22,23,25);1H. The number of anilines is 3. The summed E-state index contributed by atoms with van der Waals surface area (Å²) in [7, 11) is 0. The first-order chi connectivity index (χ1) is 12.1. The molecule has 3 rings (SSSR count). The molecule has 1 atom stereocenters. The van der Waals surface area contributed by atoms with Gasteiger partial charge in [0.15, 0.2) is 0 Å². The fourth-order valence-electron chi connectivity index (χ4n) is 2.59. The predicted octanol–water partition coefficient (Wildman–Crippen LogP) is 3.55. The highest BCUT2D eigenvalue weighted by atomic mass is 35.5. The zero-order valence-electron chi connectivity index (χ0n) is 14.5. The van der Waals surface area contributed by atoms with E-state index in [2.05, 4.69) is 21.3 Å². The third kappa shape index (κ3) is 5.21. The lowest BCUT2D eigenvalue weighted by Crippen LogP contribution is -2.48. The Hall–Kier alpha value is -2.57. The molecule has 1 unspecified atom stereocenters. The van der Waals surface area contributed by atoms with Gasteiger partial charge in [0.25, 0.3) is 0 Å². The van der Waals surface area contributed by atoms with Crippen LogP contribution in [0.25, 0.3) is 0 Å². The summed E-state index contributed by atoms with van der Waals surface area (Å²) in [5, 5.41) is 11.6. The van der Waals surface area contributed by atoms with E-state index >= 15 is 0 Å². The first-order valence-electron chi connectivity index (χ1n) is 8.36. The third-order valence-electron chi connectivity index (χ3n) is 4.38. The van der Waals surface area contributed by atoms with Crippen molar-refractivity contribution in [2.45, 2.75) is 6.92 Å². The first-order valence-corrected chi connectivity index (χ1v) is 8.36. The molecule has 0 aromatic heterocycles. The SMILES string of the molecule is CC(C(=O)Nc1ccc(NC(=O)Nc2ccccc2)cc1)C1CNC1.Cl. The van der Waals surface area contributed by atoms with Gasteiger partial charge in [-0.25, -0.2) is 4.79 Å². The zero-order chi connectivity index (χ0) is 17.6. The Morgan fingerprint density at radius 1 is 0.885 bits per heavy atom. The van der Waals surface area contributed by atoms with Crippen LogP contribution in [0.4, 0.5) is 21.9 Å². The van der Waals surface area contributed by atoms with Gasteiger partial charge in [-0.05, 0) is 55.4 Å². The molecular formula is C19H23ClN4O2. The third-order valence-corrected chi connectivity index (χ3v) is 4.38. The highest BCUT2D eigenvalue weighted by molar-refractivity contribution is 6.00. The maximum atomic E-state index is 12.2. The number of rotatable bonds is 5. The van der Waals surface area contributed by atoms with Crippen molar-refractivity contribution in [2.75, 3.05) is 29.0 Å². The second-order valence-corrected chi connectivity index (χ2v) is 6.22. The molecule has 26 heavy (non-hydrogen) atoms. The minimum absolute atomic E-state index is 0. The van der Waals surface area contributed by atoms with Gasteiger partial charge in [0.05, 0.1) is 0 Å². The van der Waals surface area contributed by atoms with E-state index in [0.717, 1.165) is 24.5 Å². The Balaban J connectivity index is 0.00000243. The van der Waals surface area contributed by atoms with Crippen LogP contribution in [0.2, 0.25) is 0 Å². The molecule has 1 fully saturated rings. The summed E-state index contributed by atoms with van der Waals surface area (Å²) >= 11 is 0. The molecule has 2 aromatic carbocycles. The number of nitrogens with one attached hydrogen (secondary N) is 4. The molecule has 4 N–H and O–H groups in total. The van der Waals surface area contributed by atoms with Gasteiger partial charge in [0, 0.05) is 23.0 Å². The van der Waals surface area contributed by atoms with Gasteiger partial charge in [0.2, 0.25) is 5.91 Å². The summed E-state index contributed by atoms with van der Waals surface area (Å²) in [5.74, 6) is 0.410. The summed E-state index contributed by atoms with van der Waals surface area (Å²) in [5.41, 5.74) is 2.10. The van der Waals surface area contributed by atoms with Crippen LogP contribution < -0.4 is 21.3 Å². The Labute approximate surface area is 159 Å². The van der Waals surface area contributed by atoms with Crippen molar-refractivity contribution in [2.24, 2.45) is 11.8 Å². The van der Waals surface area contributed by atoms with Gasteiger partial charge in [0.1, 0.15) is 0 Å². The number of hydrogen-bond donors (Lipinski definition) is 4. The van der Waals surface area contributed by atoms with E-state index in [1.54, 1.807) is 24.3 Å². The van der Waals surface area contributed by atoms with E-state index in [1.807, 2.05) is 37.3 Å². The van der Waals surface area contributed by atoms with Crippen LogP contribution in [-0.2, 0) is 4.79 Å². The van der Waals surface area contributed by atoms with Crippen LogP contribution in [0.5, 0.6) is 0 Å². The average Bonchev–Trinajstić information content (AvgIpc) is 2.56. The van der Waals surface area contributed by atoms with Crippen LogP contribution in [-0.4, -0.2) is 25.0 Å². The highest BCUT2D eigenvalue weighted by Gasteiger charge is 2.28. The number of halogens is 1. The molecule has 2 aromatic rings. The van der Waals surface area contributed by atoms with Gasteiger partial charge >= 0.3 is 6.03 Å². The van der Waals surface area contributed by atoms with Crippen molar-refractivity contribution in [1.82, 2.24) is 5.32 Å². The van der Waals surface area contributed by atoms with Crippen molar-refractivity contribution in [3.63, 3.8) is 0 Å². The zero-order valence-corrected chi connectivity index (χ0v) is 15.3. The van der Waals surface area contributed by atoms with Crippen molar-refractivity contribution in [3.05, 3.63) is 54.6 Å². The van der Waals surface area contributed by atoms with Crippen molar-refractivity contribution in [3.8, 4) is 0 Å². The maximum absolute atomic E-state index is 12.2. The Morgan fingerprint density at radius 3 is 1.88 bits per heavy atom. The molecule has 0 saturated carbocycles. The molecule has 1 aliphatic rings. The number of urea groups is 1. The van der Waals surface area contributed by atoms with E-state index < -0.39 is 0 Å². The van der Waals surface area contributed by atoms with E-state index in [4.69, 9.17) is 0 Å². The molecule has 0 spiro atoms. The van der Waals surface area contributed by atoms with Gasteiger partial charge in [-0.15, -0.1) is 12.4 Å². The van der Waals surface area contributed by atoms with Crippen LogP contribution in [0.15, 0.2) is 54.6 Å². The molecule has 0 bridgehead atoms. The fraction of sp³-hybridized carbons (Fsp3) is 0.263. The molecule has 7 heteroatoms. The van der Waals surface area contributed by atoms with Gasteiger partial charge < -0.3 is 21.3 Å². The minimum atomic E-state index is -0.311. The van der Waals surface area contributed by atoms with E-state index in [0.29, 0.717) is 11.6 Å². The van der Waals surface area contributed by atoms with Crippen molar-refractivity contribution >= 4 is 41.4 Å². The molecule has 6 nitrogen and oxygen atoms in total. The summed E-state index contributed by atoms with van der Waals surface area (Å²) in [6.07, 6.45) is 0. The molecule has 0 radical (unpaired) electrons. The van der Waals surface area contributed by atoms with E-state index in [9.17, 15) is 9.59 Å². The average molecular weight is 375 g/mol. The minimum Gasteiger partial charge on any atom is -0.326 e. The van der Waals surface area contributed by atoms with Gasteiger partial charge in [-0.3, -0.25) is 4.79 Å². The molecule has 1 aliphatic heterocycles. The molecule has 1 heterocycles. The van der Waals surface area contributed by atoms with Crippen LogP contribution in [0, 0.1) is 11.8 Å². The van der Waals surface area contributed by atoms with Crippen LogP contribution >= 0.6 is 12.4 Å². The lowest BCUT2D eigenvalue weighted by Gasteiger charge is -2.31. The number of benzene rings is 2. The fourth-order valence-corrected chi connectivity index (χ4v) is 2.59. The monoisotopic (exact) mass is 374 g/mol. The Morgan fingerprint density at radius 2 is 1.38 bits per heavy atom. The van der Waals surface area contributed by atoms with E-state index in [1.165, 1.54) is 0 Å². The number of carbonyl (C=O) groups is 2. The predicted molar refractivity (Wildman–Crippen MR) is 107 cm³/mol. The largest absolute Gasteiger partial charge is 0.326 e. The Kier molecular flexibility index (Phi) is 7.00. The second-order valence-electron chi connectivity index (χ2n) is 6.22. The quantitative estimate of drug-likeness (QED) is 0.646. The van der Waals surface area contributed by atoms with Gasteiger partial charge in [-0.2, -0.15) is 0 Å². The lowest BCUT2D eigenvalue weighted by molar-refractivity contribution is -0.121. The Bertz CT molecular complexity index is 733. The molecule has 1 saturated heterocycles. The number of amides is 3.